The molecule has 0 bridgehead atoms. The van der Waals surface area contributed by atoms with Gasteiger partial charge in [-0.2, -0.15) is 0 Å². The van der Waals surface area contributed by atoms with Crippen LogP contribution in [0.15, 0.2) is 28.7 Å². The largest absolute Gasteiger partial charge is 0.481 e. The van der Waals surface area contributed by atoms with Crippen molar-refractivity contribution in [3.8, 4) is 0 Å². The van der Waals surface area contributed by atoms with Crippen LogP contribution in [0.5, 0.6) is 0 Å². The Morgan fingerprint density at radius 3 is 2.47 bits per heavy atom. The summed E-state index contributed by atoms with van der Waals surface area (Å²) in [6.45, 7) is 0.518. The number of aliphatic carboxylic acids is 1. The van der Waals surface area contributed by atoms with E-state index in [2.05, 4.69) is 21.2 Å². The van der Waals surface area contributed by atoms with Crippen molar-refractivity contribution < 1.29 is 9.90 Å². The summed E-state index contributed by atoms with van der Waals surface area (Å²) in [6, 6.07) is 7.73. The molecule has 0 unspecified atom stereocenters. The molecule has 1 aliphatic rings. The fraction of sp³-hybridized carbons (Fsp3) is 0.364. The highest BCUT2D eigenvalue weighted by Gasteiger charge is 2.49. The zero-order valence-electron chi connectivity index (χ0n) is 8.16. The standard InChI is InChI=1S/C11H12BrNO2/c12-8-1-3-9(4-2-8)13-7-11(5-6-11)10(14)15/h1-4,13H,5-7H2,(H,14,15). The number of benzene rings is 1. The van der Waals surface area contributed by atoms with Gasteiger partial charge in [0.2, 0.25) is 0 Å². The molecular formula is C11H12BrNO2. The zero-order chi connectivity index (χ0) is 10.9. The van der Waals surface area contributed by atoms with E-state index in [-0.39, 0.29) is 0 Å². The van der Waals surface area contributed by atoms with Gasteiger partial charge in [0.1, 0.15) is 0 Å². The molecule has 0 spiro atoms. The predicted molar refractivity (Wildman–Crippen MR) is 61.9 cm³/mol. The predicted octanol–water partition coefficient (Wildman–Crippen LogP) is 2.73. The third kappa shape index (κ3) is 2.31. The molecule has 3 nitrogen and oxygen atoms in total. The summed E-state index contributed by atoms with van der Waals surface area (Å²) in [5, 5.41) is 12.1. The Labute approximate surface area is 96.6 Å². The van der Waals surface area contributed by atoms with E-state index in [0.717, 1.165) is 23.0 Å². The molecule has 2 rings (SSSR count). The first kappa shape index (κ1) is 10.5. The van der Waals surface area contributed by atoms with Crippen LogP contribution in [0.4, 0.5) is 5.69 Å². The van der Waals surface area contributed by atoms with E-state index in [1.54, 1.807) is 0 Å². The highest BCUT2D eigenvalue weighted by Crippen LogP contribution is 2.45. The number of carboxylic acids is 1. The maximum absolute atomic E-state index is 10.9. The Morgan fingerprint density at radius 2 is 2.00 bits per heavy atom. The number of hydrogen-bond donors (Lipinski definition) is 2. The molecule has 0 amide bonds. The van der Waals surface area contributed by atoms with Gasteiger partial charge in [-0.1, -0.05) is 15.9 Å². The first-order valence-electron chi connectivity index (χ1n) is 4.85. The van der Waals surface area contributed by atoms with Crippen LogP contribution in [0.2, 0.25) is 0 Å². The number of anilines is 1. The van der Waals surface area contributed by atoms with E-state index in [4.69, 9.17) is 5.11 Å². The molecule has 0 atom stereocenters. The van der Waals surface area contributed by atoms with Gasteiger partial charge in [-0.3, -0.25) is 4.79 Å². The Bertz CT molecular complexity index is 371. The van der Waals surface area contributed by atoms with Crippen molar-refractivity contribution in [2.45, 2.75) is 12.8 Å². The SMILES string of the molecule is O=C(O)C1(CNc2ccc(Br)cc2)CC1. The minimum atomic E-state index is -0.688. The van der Waals surface area contributed by atoms with Crippen molar-refractivity contribution in [2.24, 2.45) is 5.41 Å². The number of hydrogen-bond acceptors (Lipinski definition) is 2. The first-order valence-corrected chi connectivity index (χ1v) is 5.65. The third-order valence-electron chi connectivity index (χ3n) is 2.78. The summed E-state index contributed by atoms with van der Waals surface area (Å²) < 4.78 is 1.02. The Morgan fingerprint density at radius 1 is 1.40 bits per heavy atom. The average Bonchev–Trinajstić information content (AvgIpc) is 2.98. The van der Waals surface area contributed by atoms with E-state index in [1.807, 2.05) is 24.3 Å². The van der Waals surface area contributed by atoms with Gasteiger partial charge in [-0.05, 0) is 37.1 Å². The smallest absolute Gasteiger partial charge is 0.311 e. The Balaban J connectivity index is 1.94. The summed E-state index contributed by atoms with van der Waals surface area (Å²) in [7, 11) is 0. The lowest BCUT2D eigenvalue weighted by Crippen LogP contribution is -2.24. The molecule has 0 radical (unpaired) electrons. The average molecular weight is 270 g/mol. The molecule has 2 N–H and O–H groups in total. The van der Waals surface area contributed by atoms with Gasteiger partial charge in [-0.25, -0.2) is 0 Å². The Hall–Kier alpha value is -1.03. The molecule has 0 aromatic heterocycles. The second-order valence-corrected chi connectivity index (χ2v) is 4.86. The second-order valence-electron chi connectivity index (χ2n) is 3.95. The lowest BCUT2D eigenvalue weighted by molar-refractivity contribution is -0.142. The van der Waals surface area contributed by atoms with E-state index in [0.29, 0.717) is 6.54 Å². The van der Waals surface area contributed by atoms with Crippen LogP contribution in [0.3, 0.4) is 0 Å². The van der Waals surface area contributed by atoms with Crippen LogP contribution in [0.1, 0.15) is 12.8 Å². The highest BCUT2D eigenvalue weighted by atomic mass is 79.9. The number of carbonyl (C=O) groups is 1. The fourth-order valence-corrected chi connectivity index (χ4v) is 1.72. The summed E-state index contributed by atoms with van der Waals surface area (Å²) in [4.78, 5) is 10.9. The molecule has 0 heterocycles. The molecule has 0 aliphatic heterocycles. The molecule has 0 saturated heterocycles. The maximum atomic E-state index is 10.9. The van der Waals surface area contributed by atoms with Crippen molar-refractivity contribution >= 4 is 27.6 Å². The molecule has 1 fully saturated rings. The number of nitrogens with one attached hydrogen (secondary N) is 1. The summed E-state index contributed by atoms with van der Waals surface area (Å²) in [5.74, 6) is -0.688. The van der Waals surface area contributed by atoms with Gasteiger partial charge in [0.15, 0.2) is 0 Å². The van der Waals surface area contributed by atoms with Crippen molar-refractivity contribution in [1.82, 2.24) is 0 Å². The molecular weight excluding hydrogens is 258 g/mol. The maximum Gasteiger partial charge on any atom is 0.311 e. The van der Waals surface area contributed by atoms with Crippen LogP contribution in [0, 0.1) is 5.41 Å². The number of rotatable bonds is 4. The van der Waals surface area contributed by atoms with E-state index in [9.17, 15) is 4.79 Å². The van der Waals surface area contributed by atoms with Crippen LogP contribution in [-0.2, 0) is 4.79 Å². The number of halogens is 1. The molecule has 1 saturated carbocycles. The van der Waals surface area contributed by atoms with Crippen molar-refractivity contribution in [1.29, 1.82) is 0 Å². The van der Waals surface area contributed by atoms with Gasteiger partial charge in [0.25, 0.3) is 0 Å². The van der Waals surface area contributed by atoms with Gasteiger partial charge < -0.3 is 10.4 Å². The van der Waals surface area contributed by atoms with Gasteiger partial charge in [-0.15, -0.1) is 0 Å². The normalized spacial score (nSPS) is 17.1. The van der Waals surface area contributed by atoms with Gasteiger partial charge >= 0.3 is 5.97 Å². The first-order chi connectivity index (χ1) is 7.12. The third-order valence-corrected chi connectivity index (χ3v) is 3.31. The zero-order valence-corrected chi connectivity index (χ0v) is 9.75. The molecule has 80 valence electrons. The van der Waals surface area contributed by atoms with Crippen LogP contribution in [0.25, 0.3) is 0 Å². The monoisotopic (exact) mass is 269 g/mol. The van der Waals surface area contributed by atoms with Crippen molar-refractivity contribution in [3.63, 3.8) is 0 Å². The van der Waals surface area contributed by atoms with Crippen LogP contribution < -0.4 is 5.32 Å². The molecule has 1 aliphatic carbocycles. The number of carboxylic acid groups (broad SMARTS) is 1. The van der Waals surface area contributed by atoms with E-state index >= 15 is 0 Å². The van der Waals surface area contributed by atoms with Crippen LogP contribution in [-0.4, -0.2) is 17.6 Å². The summed E-state index contributed by atoms with van der Waals surface area (Å²) in [6.07, 6.45) is 1.57. The van der Waals surface area contributed by atoms with E-state index in [1.165, 1.54) is 0 Å². The lowest BCUT2D eigenvalue weighted by atomic mass is 10.1. The highest BCUT2D eigenvalue weighted by molar-refractivity contribution is 9.10. The molecule has 1 aromatic rings. The lowest BCUT2D eigenvalue weighted by Gasteiger charge is -2.12. The van der Waals surface area contributed by atoms with Gasteiger partial charge in [0.05, 0.1) is 5.41 Å². The topological polar surface area (TPSA) is 49.3 Å². The second kappa shape index (κ2) is 3.85. The van der Waals surface area contributed by atoms with E-state index < -0.39 is 11.4 Å². The Kier molecular flexibility index (Phi) is 2.69. The van der Waals surface area contributed by atoms with Crippen molar-refractivity contribution in [3.05, 3.63) is 28.7 Å². The molecule has 4 heteroatoms. The summed E-state index contributed by atoms with van der Waals surface area (Å²) in [5.41, 5.74) is 0.457. The van der Waals surface area contributed by atoms with Crippen LogP contribution >= 0.6 is 15.9 Å². The molecule has 1 aromatic carbocycles. The van der Waals surface area contributed by atoms with Gasteiger partial charge in [0, 0.05) is 16.7 Å². The summed E-state index contributed by atoms with van der Waals surface area (Å²) >= 11 is 3.35. The fourth-order valence-electron chi connectivity index (χ4n) is 1.46. The van der Waals surface area contributed by atoms with Crippen molar-refractivity contribution in [2.75, 3.05) is 11.9 Å². The minimum Gasteiger partial charge on any atom is -0.481 e. The minimum absolute atomic E-state index is 0.507. The quantitative estimate of drug-likeness (QED) is 0.884. The molecule has 15 heavy (non-hydrogen) atoms.